The molecule has 2 aromatic heterocycles. The lowest BCUT2D eigenvalue weighted by atomic mass is 10.4. The Hall–Kier alpha value is -2.84. The van der Waals surface area contributed by atoms with Crippen LogP contribution in [-0.4, -0.2) is 20.1 Å². The summed E-state index contributed by atoms with van der Waals surface area (Å²) in [6.07, 6.45) is 1.48. The van der Waals surface area contributed by atoms with Crippen LogP contribution in [0.4, 0.5) is 11.4 Å². The number of rotatable bonds is 2. The minimum absolute atomic E-state index is 0.0978. The summed E-state index contributed by atoms with van der Waals surface area (Å²) >= 11 is 0. The van der Waals surface area contributed by atoms with Gasteiger partial charge in [-0.3, -0.25) is 10.4 Å². The Balaban J connectivity index is 2.57. The predicted octanol–water partition coefficient (Wildman–Crippen LogP) is -0.898. The van der Waals surface area contributed by atoms with Crippen molar-refractivity contribution in [3.05, 3.63) is 35.1 Å². The minimum atomic E-state index is -0.535. The van der Waals surface area contributed by atoms with Gasteiger partial charge in [0.15, 0.2) is 0 Å². The summed E-state index contributed by atoms with van der Waals surface area (Å²) in [7, 11) is 0. The molecule has 0 radical (unpaired) electrons. The van der Waals surface area contributed by atoms with E-state index < -0.39 is 5.49 Å². The Morgan fingerprint density at radius 2 is 2.00 bits per heavy atom. The highest BCUT2D eigenvalue weighted by atomic mass is 16.6. The van der Waals surface area contributed by atoms with Crippen LogP contribution in [0.3, 0.4) is 0 Å². The van der Waals surface area contributed by atoms with Crippen LogP contribution in [0.2, 0.25) is 0 Å². The van der Waals surface area contributed by atoms with E-state index in [1.807, 2.05) is 0 Å². The molecule has 0 aliphatic heterocycles. The number of hydrogen-bond acceptors (Lipinski definition) is 7. The van der Waals surface area contributed by atoms with Gasteiger partial charge in [0, 0.05) is 0 Å². The molecule has 0 aromatic carbocycles. The lowest BCUT2D eigenvalue weighted by molar-refractivity contribution is -0.0315. The normalized spacial score (nSPS) is 11.9. The van der Waals surface area contributed by atoms with Crippen LogP contribution < -0.4 is 22.4 Å². The highest BCUT2D eigenvalue weighted by Crippen LogP contribution is 2.03. The number of nitrogens with zero attached hydrogens (tertiary/aromatic N) is 3. The fourth-order valence-corrected chi connectivity index (χ4v) is 1.35. The number of nitrogens with two attached hydrogens (primary N) is 2. The second-order valence-electron chi connectivity index (χ2n) is 3.47. The summed E-state index contributed by atoms with van der Waals surface area (Å²) in [4.78, 5) is 4.33. The molecule has 0 saturated carbocycles. The number of aromatic nitrogens is 2. The van der Waals surface area contributed by atoms with Crippen LogP contribution in [0.15, 0.2) is 27.8 Å². The lowest BCUT2D eigenvalue weighted by Crippen LogP contribution is -2.40. The summed E-state index contributed by atoms with van der Waals surface area (Å²) in [5.41, 5.74) is 10.1. The van der Waals surface area contributed by atoms with E-state index in [1.165, 1.54) is 6.26 Å². The molecule has 18 heavy (non-hydrogen) atoms. The van der Waals surface area contributed by atoms with E-state index in [0.29, 0.717) is 5.76 Å². The molecule has 0 atom stereocenters. The van der Waals surface area contributed by atoms with Crippen molar-refractivity contribution in [2.24, 2.45) is 4.99 Å². The van der Waals surface area contributed by atoms with E-state index in [2.05, 4.69) is 4.99 Å². The van der Waals surface area contributed by atoms with Crippen molar-refractivity contribution in [2.75, 3.05) is 11.5 Å². The molecule has 2 heterocycles. The van der Waals surface area contributed by atoms with Gasteiger partial charge in [0.1, 0.15) is 17.1 Å². The highest BCUT2D eigenvalue weighted by molar-refractivity contribution is 5.58. The molecule has 0 unspecified atom stereocenters. The van der Waals surface area contributed by atoms with E-state index in [0.717, 1.165) is 0 Å². The van der Waals surface area contributed by atoms with Gasteiger partial charge < -0.3 is 26.3 Å². The smallest absolute Gasteiger partial charge is 0.212 e. The molecule has 0 fully saturated rings. The molecule has 0 bridgehead atoms. The van der Waals surface area contributed by atoms with E-state index in [4.69, 9.17) is 21.3 Å². The van der Waals surface area contributed by atoms with Gasteiger partial charge in [-0.1, -0.05) is 9.69 Å². The van der Waals surface area contributed by atoms with Crippen LogP contribution in [0.5, 0.6) is 0 Å². The average Bonchev–Trinajstić information content (AvgIpc) is 2.87. The summed E-state index contributed by atoms with van der Waals surface area (Å²) in [6.45, 7) is 0.106. The Bertz CT molecular complexity index is 646. The van der Waals surface area contributed by atoms with Crippen LogP contribution in [0.25, 0.3) is 0 Å². The Morgan fingerprint density at radius 1 is 1.28 bits per heavy atom. The standard InChI is InChI=1S/C9H12N6O3/c10-6-7(11)9(15(17)14(16)8(6)12)13-4-5-2-1-3-18-5/h1-3,12,16-17H,4,10-11H2. The zero-order valence-corrected chi connectivity index (χ0v) is 9.24. The topological polar surface area (TPSA) is 152 Å². The summed E-state index contributed by atoms with van der Waals surface area (Å²) in [6, 6.07) is 3.38. The van der Waals surface area contributed by atoms with Gasteiger partial charge in [-0.2, -0.15) is 0 Å². The second kappa shape index (κ2) is 4.20. The van der Waals surface area contributed by atoms with E-state index in [9.17, 15) is 10.4 Å². The van der Waals surface area contributed by atoms with E-state index in [-0.39, 0.29) is 33.1 Å². The Kier molecular flexibility index (Phi) is 2.72. The van der Waals surface area contributed by atoms with Crippen LogP contribution >= 0.6 is 0 Å². The van der Waals surface area contributed by atoms with Crippen molar-refractivity contribution in [3.8, 4) is 0 Å². The van der Waals surface area contributed by atoms with Crippen molar-refractivity contribution in [1.82, 2.24) is 9.69 Å². The Morgan fingerprint density at radius 3 is 2.61 bits per heavy atom. The van der Waals surface area contributed by atoms with Crippen LogP contribution in [-0.2, 0) is 6.54 Å². The van der Waals surface area contributed by atoms with Gasteiger partial charge in [-0.05, 0) is 12.1 Å². The second-order valence-corrected chi connectivity index (χ2v) is 3.47. The molecule has 0 amide bonds. The maximum atomic E-state index is 9.56. The third kappa shape index (κ3) is 1.77. The fraction of sp³-hybridized carbons (Fsp3) is 0.111. The molecular formula is C9H12N6O3. The van der Waals surface area contributed by atoms with Gasteiger partial charge >= 0.3 is 0 Å². The first-order valence-electron chi connectivity index (χ1n) is 4.91. The summed E-state index contributed by atoms with van der Waals surface area (Å²) in [5, 5.41) is 26.3. The van der Waals surface area contributed by atoms with E-state index >= 15 is 0 Å². The monoisotopic (exact) mass is 252 g/mol. The molecule has 0 saturated heterocycles. The van der Waals surface area contributed by atoms with Crippen molar-refractivity contribution >= 4 is 11.4 Å². The minimum Gasteiger partial charge on any atom is -0.467 e. The number of anilines is 2. The average molecular weight is 252 g/mol. The molecule has 9 heteroatoms. The number of nitrogens with one attached hydrogen (secondary N) is 1. The Labute approximate surface area is 100 Å². The predicted molar refractivity (Wildman–Crippen MR) is 59.4 cm³/mol. The maximum Gasteiger partial charge on any atom is 0.212 e. The molecule has 0 spiro atoms. The zero-order chi connectivity index (χ0) is 13.3. The van der Waals surface area contributed by atoms with Crippen molar-refractivity contribution < 1.29 is 14.8 Å². The quantitative estimate of drug-likeness (QED) is 0.438. The first-order chi connectivity index (χ1) is 8.52. The number of furan rings is 1. The highest BCUT2D eigenvalue weighted by Gasteiger charge is 2.09. The van der Waals surface area contributed by atoms with Crippen LogP contribution in [0.1, 0.15) is 5.76 Å². The lowest BCUT2D eigenvalue weighted by Gasteiger charge is -2.09. The molecular weight excluding hydrogens is 240 g/mol. The molecule has 96 valence electrons. The molecule has 9 nitrogen and oxygen atoms in total. The van der Waals surface area contributed by atoms with Gasteiger partial charge in [0.25, 0.3) is 0 Å². The van der Waals surface area contributed by atoms with Gasteiger partial charge in [0.05, 0.1) is 12.8 Å². The van der Waals surface area contributed by atoms with Crippen LogP contribution in [0, 0.1) is 5.41 Å². The van der Waals surface area contributed by atoms with E-state index in [1.54, 1.807) is 12.1 Å². The third-order valence-electron chi connectivity index (χ3n) is 2.32. The van der Waals surface area contributed by atoms with Gasteiger partial charge in [-0.25, -0.2) is 0 Å². The summed E-state index contributed by atoms with van der Waals surface area (Å²) in [5.74, 6) is 0.549. The van der Waals surface area contributed by atoms with Gasteiger partial charge in [-0.15, -0.1) is 0 Å². The molecule has 0 aliphatic rings. The largest absolute Gasteiger partial charge is 0.467 e. The molecule has 2 rings (SSSR count). The van der Waals surface area contributed by atoms with Crippen molar-refractivity contribution in [2.45, 2.75) is 6.54 Å². The SMILES string of the molecule is N=c1c(N)c(N)c(=NCc2ccco2)n(O)n1O. The van der Waals surface area contributed by atoms with Crippen molar-refractivity contribution in [1.29, 1.82) is 5.41 Å². The fourth-order valence-electron chi connectivity index (χ4n) is 1.35. The number of nitrogen functional groups attached to an aromatic ring is 2. The third-order valence-corrected chi connectivity index (χ3v) is 2.32. The van der Waals surface area contributed by atoms with Gasteiger partial charge in [0.2, 0.25) is 11.0 Å². The first kappa shape index (κ1) is 11.6. The maximum absolute atomic E-state index is 9.56. The number of hydrogen-bond donors (Lipinski definition) is 5. The first-order valence-corrected chi connectivity index (χ1v) is 4.91. The summed E-state index contributed by atoms with van der Waals surface area (Å²) < 4.78 is 5.06. The van der Waals surface area contributed by atoms with Crippen molar-refractivity contribution in [3.63, 3.8) is 0 Å². The zero-order valence-electron chi connectivity index (χ0n) is 9.24. The molecule has 7 N–H and O–H groups in total. The molecule has 0 aliphatic carbocycles. The molecule has 2 aromatic rings.